The second kappa shape index (κ2) is 9.43. The highest BCUT2D eigenvalue weighted by atomic mass is 16.5. The van der Waals surface area contributed by atoms with Crippen LogP contribution in [0.5, 0.6) is 0 Å². The summed E-state index contributed by atoms with van der Waals surface area (Å²) in [5.74, 6) is -1.46. The van der Waals surface area contributed by atoms with Gasteiger partial charge in [0.1, 0.15) is 6.61 Å². The predicted octanol–water partition coefficient (Wildman–Crippen LogP) is 3.45. The van der Waals surface area contributed by atoms with Crippen molar-refractivity contribution in [2.45, 2.75) is 38.1 Å². The predicted molar refractivity (Wildman–Crippen MR) is 118 cm³/mol. The quantitative estimate of drug-likeness (QED) is 0.529. The van der Waals surface area contributed by atoms with E-state index in [1.165, 1.54) is 0 Å². The third-order valence-corrected chi connectivity index (χ3v) is 6.26. The summed E-state index contributed by atoms with van der Waals surface area (Å²) in [6.07, 6.45) is 3.93. The van der Waals surface area contributed by atoms with E-state index in [-0.39, 0.29) is 29.8 Å². The molecular formula is C25H28N2O4. The second-order valence-electron chi connectivity index (χ2n) is 8.40. The highest BCUT2D eigenvalue weighted by Gasteiger charge is 2.41. The number of piperidine rings is 1. The van der Waals surface area contributed by atoms with E-state index in [0.717, 1.165) is 36.3 Å². The topological polar surface area (TPSA) is 66.9 Å². The Hall–Kier alpha value is -2.99. The number of nitrogens with zero attached hydrogens (tertiary/aromatic N) is 2. The molecule has 2 amide bonds. The van der Waals surface area contributed by atoms with Gasteiger partial charge in [0.05, 0.1) is 17.2 Å². The maximum absolute atomic E-state index is 13.1. The summed E-state index contributed by atoms with van der Waals surface area (Å²) in [4.78, 5) is 42.1. The molecule has 0 N–H and O–H groups in total. The molecular weight excluding hydrogens is 392 g/mol. The van der Waals surface area contributed by atoms with Crippen LogP contribution in [-0.2, 0) is 20.7 Å². The molecule has 6 nitrogen and oxygen atoms in total. The Morgan fingerprint density at radius 1 is 1.03 bits per heavy atom. The molecule has 0 bridgehead atoms. The molecule has 2 saturated heterocycles. The molecule has 2 aromatic carbocycles. The Kier molecular flexibility index (Phi) is 6.47. The maximum atomic E-state index is 13.1. The molecule has 31 heavy (non-hydrogen) atoms. The number of benzene rings is 2. The van der Waals surface area contributed by atoms with Gasteiger partial charge in [-0.1, -0.05) is 48.9 Å². The number of likely N-dealkylation sites (N-methyl/N-ethyl adjacent to an activating group) is 1. The number of amides is 2. The van der Waals surface area contributed by atoms with Crippen molar-refractivity contribution in [2.24, 2.45) is 5.92 Å². The van der Waals surface area contributed by atoms with E-state index in [1.54, 1.807) is 24.3 Å². The van der Waals surface area contributed by atoms with Crippen molar-refractivity contribution >= 4 is 23.5 Å². The summed E-state index contributed by atoms with van der Waals surface area (Å²) >= 11 is 0. The Labute approximate surface area is 182 Å². The first kappa shape index (κ1) is 21.2. The molecule has 2 unspecified atom stereocenters. The third-order valence-electron chi connectivity index (χ3n) is 6.26. The minimum Gasteiger partial charge on any atom is -0.460 e. The molecule has 0 aromatic heterocycles. The highest BCUT2D eigenvalue weighted by molar-refractivity contribution is 6.22. The third kappa shape index (κ3) is 4.69. The van der Waals surface area contributed by atoms with Crippen LogP contribution in [0.1, 0.15) is 41.6 Å². The fourth-order valence-corrected chi connectivity index (χ4v) is 4.45. The number of esters is 1. The lowest BCUT2D eigenvalue weighted by Gasteiger charge is -2.31. The smallest absolute Gasteiger partial charge is 0.340 e. The molecule has 4 rings (SSSR count). The standard InChI is InChI=1S/C25H28N2O4/c1-26-14-8-7-11-20(26)17-31-25(30)21-12-5-6-13-22(21)27-23(28)16-19(24(27)29)15-18-9-3-2-4-10-18/h2-6,9-10,12-13,19-20H,7-8,11,14-17H2,1H3. The SMILES string of the molecule is CN1CCCCC1COC(=O)c1ccccc1N1C(=O)CC(Cc2ccccc2)C1=O. The van der Waals surface area contributed by atoms with Crippen LogP contribution in [0.25, 0.3) is 0 Å². The minimum atomic E-state index is -0.498. The van der Waals surface area contributed by atoms with E-state index in [9.17, 15) is 14.4 Å². The minimum absolute atomic E-state index is 0.143. The van der Waals surface area contributed by atoms with Crippen molar-refractivity contribution < 1.29 is 19.1 Å². The number of hydrogen-bond donors (Lipinski definition) is 0. The Balaban J connectivity index is 1.49. The number of carbonyl (C=O) groups is 3. The van der Waals surface area contributed by atoms with Crippen LogP contribution in [0.4, 0.5) is 5.69 Å². The largest absolute Gasteiger partial charge is 0.460 e. The van der Waals surface area contributed by atoms with Crippen LogP contribution < -0.4 is 4.90 Å². The van der Waals surface area contributed by atoms with Crippen molar-refractivity contribution in [2.75, 3.05) is 25.1 Å². The van der Waals surface area contributed by atoms with Gasteiger partial charge < -0.3 is 9.64 Å². The average molecular weight is 421 g/mol. The van der Waals surface area contributed by atoms with Crippen LogP contribution >= 0.6 is 0 Å². The van der Waals surface area contributed by atoms with Gasteiger partial charge in [-0.25, -0.2) is 9.69 Å². The molecule has 2 heterocycles. The van der Waals surface area contributed by atoms with Crippen LogP contribution in [0.3, 0.4) is 0 Å². The van der Waals surface area contributed by atoms with E-state index in [2.05, 4.69) is 4.90 Å². The molecule has 2 atom stereocenters. The van der Waals surface area contributed by atoms with Crippen molar-refractivity contribution in [3.05, 3.63) is 65.7 Å². The number of anilines is 1. The van der Waals surface area contributed by atoms with Gasteiger partial charge in [0, 0.05) is 12.5 Å². The number of likely N-dealkylation sites (tertiary alicyclic amines) is 1. The van der Waals surface area contributed by atoms with Gasteiger partial charge in [-0.2, -0.15) is 0 Å². The highest BCUT2D eigenvalue weighted by Crippen LogP contribution is 2.31. The van der Waals surface area contributed by atoms with Crippen molar-refractivity contribution in [1.82, 2.24) is 4.90 Å². The van der Waals surface area contributed by atoms with Crippen molar-refractivity contribution in [3.8, 4) is 0 Å². The van der Waals surface area contributed by atoms with Gasteiger partial charge in [-0.15, -0.1) is 0 Å². The number of carbonyl (C=O) groups excluding carboxylic acids is 3. The Morgan fingerprint density at radius 3 is 2.55 bits per heavy atom. The fraction of sp³-hybridized carbons (Fsp3) is 0.400. The molecule has 0 spiro atoms. The molecule has 0 saturated carbocycles. The van der Waals surface area contributed by atoms with Crippen molar-refractivity contribution in [1.29, 1.82) is 0 Å². The lowest BCUT2D eigenvalue weighted by atomic mass is 9.98. The van der Waals surface area contributed by atoms with Gasteiger partial charge in [0.15, 0.2) is 0 Å². The van der Waals surface area contributed by atoms with Gasteiger partial charge in [-0.3, -0.25) is 9.59 Å². The number of para-hydroxylation sites is 1. The normalized spacial score (nSPS) is 22.0. The lowest BCUT2D eigenvalue weighted by molar-refractivity contribution is -0.122. The number of ether oxygens (including phenoxy) is 1. The van der Waals surface area contributed by atoms with E-state index in [0.29, 0.717) is 18.7 Å². The first-order valence-electron chi connectivity index (χ1n) is 10.9. The van der Waals surface area contributed by atoms with Gasteiger partial charge >= 0.3 is 5.97 Å². The van der Waals surface area contributed by atoms with Crippen LogP contribution in [0.2, 0.25) is 0 Å². The zero-order chi connectivity index (χ0) is 21.8. The number of imide groups is 1. The van der Waals surface area contributed by atoms with Crippen LogP contribution in [0, 0.1) is 5.92 Å². The molecule has 2 aromatic rings. The average Bonchev–Trinajstić information content (AvgIpc) is 3.06. The summed E-state index contributed by atoms with van der Waals surface area (Å²) in [5, 5.41) is 0. The fourth-order valence-electron chi connectivity index (χ4n) is 4.45. The molecule has 6 heteroatoms. The molecule has 2 fully saturated rings. The maximum Gasteiger partial charge on any atom is 0.340 e. The van der Waals surface area contributed by atoms with E-state index < -0.39 is 11.9 Å². The second-order valence-corrected chi connectivity index (χ2v) is 8.40. The van der Waals surface area contributed by atoms with E-state index in [4.69, 9.17) is 4.74 Å². The summed E-state index contributed by atoms with van der Waals surface area (Å²) < 4.78 is 5.60. The van der Waals surface area contributed by atoms with Crippen LogP contribution in [-0.4, -0.2) is 48.9 Å². The van der Waals surface area contributed by atoms with Gasteiger partial charge in [0.2, 0.25) is 11.8 Å². The summed E-state index contributed by atoms with van der Waals surface area (Å²) in [7, 11) is 2.04. The summed E-state index contributed by atoms with van der Waals surface area (Å²) in [5.41, 5.74) is 1.58. The van der Waals surface area contributed by atoms with Crippen molar-refractivity contribution in [3.63, 3.8) is 0 Å². The molecule has 2 aliphatic heterocycles. The van der Waals surface area contributed by atoms with Gasteiger partial charge in [0.25, 0.3) is 0 Å². The monoisotopic (exact) mass is 420 g/mol. The molecule has 2 aliphatic rings. The molecule has 0 radical (unpaired) electrons. The van der Waals surface area contributed by atoms with Crippen LogP contribution in [0.15, 0.2) is 54.6 Å². The summed E-state index contributed by atoms with van der Waals surface area (Å²) in [6.45, 7) is 1.31. The zero-order valence-electron chi connectivity index (χ0n) is 17.8. The number of hydrogen-bond acceptors (Lipinski definition) is 5. The first-order chi connectivity index (χ1) is 15.0. The van der Waals surface area contributed by atoms with Gasteiger partial charge in [-0.05, 0) is 50.6 Å². The Morgan fingerprint density at radius 2 is 1.77 bits per heavy atom. The molecule has 0 aliphatic carbocycles. The Bertz CT molecular complexity index is 959. The van der Waals surface area contributed by atoms with E-state index >= 15 is 0 Å². The molecule has 162 valence electrons. The zero-order valence-corrected chi connectivity index (χ0v) is 17.8. The number of rotatable bonds is 6. The summed E-state index contributed by atoms with van der Waals surface area (Å²) in [6, 6.07) is 16.6. The van der Waals surface area contributed by atoms with E-state index in [1.807, 2.05) is 37.4 Å². The first-order valence-corrected chi connectivity index (χ1v) is 10.9. The lowest BCUT2D eigenvalue weighted by Crippen LogP contribution is -2.40.